The van der Waals surface area contributed by atoms with E-state index in [9.17, 15) is 0 Å². The number of benzene rings is 1. The zero-order valence-electron chi connectivity index (χ0n) is 12.2. The maximum absolute atomic E-state index is 5.92. The SMILES string of the molecule is Cc1cc(C)cc(Oc2nc(C)cc(C)c2C(N)=S)c1. The van der Waals surface area contributed by atoms with Gasteiger partial charge in [-0.25, -0.2) is 4.98 Å². The van der Waals surface area contributed by atoms with E-state index in [1.54, 1.807) is 0 Å². The van der Waals surface area contributed by atoms with Crippen LogP contribution >= 0.6 is 12.2 Å². The Morgan fingerprint density at radius 1 is 1.05 bits per heavy atom. The van der Waals surface area contributed by atoms with Crippen molar-refractivity contribution in [2.75, 3.05) is 0 Å². The molecule has 4 heteroatoms. The molecule has 3 nitrogen and oxygen atoms in total. The second kappa shape index (κ2) is 5.59. The fourth-order valence-electron chi connectivity index (χ4n) is 2.28. The van der Waals surface area contributed by atoms with Crippen molar-refractivity contribution in [1.82, 2.24) is 4.98 Å². The molecule has 2 rings (SSSR count). The Hall–Kier alpha value is -1.94. The summed E-state index contributed by atoms with van der Waals surface area (Å²) in [7, 11) is 0. The van der Waals surface area contributed by atoms with Crippen LogP contribution in [-0.2, 0) is 0 Å². The molecule has 0 amide bonds. The van der Waals surface area contributed by atoms with Crippen molar-refractivity contribution in [1.29, 1.82) is 0 Å². The van der Waals surface area contributed by atoms with E-state index in [0.717, 1.165) is 28.1 Å². The van der Waals surface area contributed by atoms with E-state index in [2.05, 4.69) is 11.1 Å². The first-order valence-electron chi connectivity index (χ1n) is 6.41. The molecule has 0 spiro atoms. The number of nitrogens with two attached hydrogens (primary N) is 1. The van der Waals surface area contributed by atoms with Crippen LogP contribution in [0.1, 0.15) is 27.9 Å². The molecular weight excluding hydrogens is 268 g/mol. The summed E-state index contributed by atoms with van der Waals surface area (Å²) in [4.78, 5) is 4.72. The third-order valence-corrected chi connectivity index (χ3v) is 3.17. The highest BCUT2D eigenvalue weighted by atomic mass is 32.1. The van der Waals surface area contributed by atoms with Gasteiger partial charge in [0.2, 0.25) is 5.88 Å². The first kappa shape index (κ1) is 14.5. The standard InChI is InChI=1S/C16H18N2OS/c1-9-5-10(2)7-13(6-9)19-16-14(15(17)20)11(3)8-12(4)18-16/h5-8H,1-4H3,(H2,17,20). The average Bonchev–Trinajstić information content (AvgIpc) is 2.25. The normalized spacial score (nSPS) is 10.4. The molecule has 0 aliphatic rings. The Balaban J connectivity index is 2.49. The van der Waals surface area contributed by atoms with Gasteiger partial charge in [-0.05, 0) is 62.6 Å². The maximum Gasteiger partial charge on any atom is 0.229 e. The minimum Gasteiger partial charge on any atom is -0.438 e. The fourth-order valence-corrected chi connectivity index (χ4v) is 2.53. The Morgan fingerprint density at radius 2 is 1.65 bits per heavy atom. The Morgan fingerprint density at radius 3 is 2.20 bits per heavy atom. The van der Waals surface area contributed by atoms with Crippen molar-refractivity contribution >= 4 is 17.2 Å². The highest BCUT2D eigenvalue weighted by Crippen LogP contribution is 2.27. The van der Waals surface area contributed by atoms with Gasteiger partial charge in [0.15, 0.2) is 0 Å². The van der Waals surface area contributed by atoms with Gasteiger partial charge in [-0.1, -0.05) is 18.3 Å². The minimum absolute atomic E-state index is 0.300. The van der Waals surface area contributed by atoms with Gasteiger partial charge < -0.3 is 10.5 Å². The average molecular weight is 286 g/mol. The van der Waals surface area contributed by atoms with Crippen LogP contribution in [0.2, 0.25) is 0 Å². The van der Waals surface area contributed by atoms with E-state index in [4.69, 9.17) is 22.7 Å². The van der Waals surface area contributed by atoms with Gasteiger partial charge in [0.1, 0.15) is 10.7 Å². The van der Waals surface area contributed by atoms with Gasteiger partial charge in [0.25, 0.3) is 0 Å². The number of nitrogens with zero attached hydrogens (tertiary/aromatic N) is 1. The van der Waals surface area contributed by atoms with E-state index in [1.807, 2.05) is 45.9 Å². The summed E-state index contributed by atoms with van der Waals surface area (Å²) in [5, 5.41) is 0. The summed E-state index contributed by atoms with van der Waals surface area (Å²) in [6.45, 7) is 7.94. The monoisotopic (exact) mass is 286 g/mol. The fraction of sp³-hybridized carbons (Fsp3) is 0.250. The summed E-state index contributed by atoms with van der Waals surface area (Å²) in [6.07, 6.45) is 0. The van der Waals surface area contributed by atoms with Crippen molar-refractivity contribution < 1.29 is 4.74 Å². The highest BCUT2D eigenvalue weighted by molar-refractivity contribution is 7.80. The Bertz CT molecular complexity index is 660. The topological polar surface area (TPSA) is 48.1 Å². The molecule has 0 saturated heterocycles. The number of aromatic nitrogens is 1. The van der Waals surface area contributed by atoms with Gasteiger partial charge in [0.05, 0.1) is 5.56 Å². The molecule has 0 aliphatic heterocycles. The maximum atomic E-state index is 5.92. The van der Waals surface area contributed by atoms with Crippen LogP contribution in [0.3, 0.4) is 0 Å². The molecule has 0 unspecified atom stereocenters. The molecule has 1 aromatic heterocycles. The van der Waals surface area contributed by atoms with Crippen molar-refractivity contribution in [3.05, 3.63) is 52.2 Å². The third-order valence-electron chi connectivity index (χ3n) is 2.97. The van der Waals surface area contributed by atoms with E-state index >= 15 is 0 Å². The smallest absolute Gasteiger partial charge is 0.229 e. The van der Waals surface area contributed by atoms with E-state index < -0.39 is 0 Å². The van der Waals surface area contributed by atoms with Crippen LogP contribution in [0, 0.1) is 27.7 Å². The van der Waals surface area contributed by atoms with E-state index in [1.165, 1.54) is 0 Å². The summed E-state index contributed by atoms with van der Waals surface area (Å²) in [6, 6.07) is 7.98. The number of aryl methyl sites for hydroxylation is 4. The first-order valence-corrected chi connectivity index (χ1v) is 6.82. The van der Waals surface area contributed by atoms with Crippen LogP contribution in [0.15, 0.2) is 24.3 Å². The quantitative estimate of drug-likeness (QED) is 0.873. The molecule has 0 bridgehead atoms. The largest absolute Gasteiger partial charge is 0.438 e. The highest BCUT2D eigenvalue weighted by Gasteiger charge is 2.14. The number of ether oxygens (including phenoxy) is 1. The van der Waals surface area contributed by atoms with Gasteiger partial charge in [-0.2, -0.15) is 0 Å². The lowest BCUT2D eigenvalue weighted by Crippen LogP contribution is -2.14. The van der Waals surface area contributed by atoms with Crippen molar-refractivity contribution in [2.24, 2.45) is 5.73 Å². The molecule has 0 fully saturated rings. The molecule has 1 heterocycles. The lowest BCUT2D eigenvalue weighted by molar-refractivity contribution is 0.459. The number of thiocarbonyl (C=S) groups is 1. The zero-order valence-corrected chi connectivity index (χ0v) is 13.0. The molecule has 104 valence electrons. The third kappa shape index (κ3) is 3.14. The summed E-state index contributed by atoms with van der Waals surface area (Å²) >= 11 is 5.11. The van der Waals surface area contributed by atoms with Crippen LogP contribution in [-0.4, -0.2) is 9.97 Å². The molecule has 0 aliphatic carbocycles. The second-order valence-electron chi connectivity index (χ2n) is 5.05. The number of hydrogen-bond acceptors (Lipinski definition) is 3. The summed E-state index contributed by atoms with van der Waals surface area (Å²) in [5.41, 5.74) is 10.6. The molecular formula is C16H18N2OS. The predicted octanol–water partition coefficient (Wildman–Crippen LogP) is 3.74. The van der Waals surface area contributed by atoms with Crippen molar-refractivity contribution in [2.45, 2.75) is 27.7 Å². The van der Waals surface area contributed by atoms with Crippen molar-refractivity contribution in [3.63, 3.8) is 0 Å². The van der Waals surface area contributed by atoms with Crippen LogP contribution in [0.4, 0.5) is 0 Å². The molecule has 0 radical (unpaired) electrons. The zero-order chi connectivity index (χ0) is 14.9. The molecule has 0 saturated carbocycles. The lowest BCUT2D eigenvalue weighted by atomic mass is 10.1. The molecule has 2 aromatic rings. The van der Waals surface area contributed by atoms with Crippen LogP contribution in [0.5, 0.6) is 11.6 Å². The Labute approximate surface area is 124 Å². The predicted molar refractivity (Wildman–Crippen MR) is 85.6 cm³/mol. The van der Waals surface area contributed by atoms with Gasteiger partial charge in [-0.15, -0.1) is 0 Å². The first-order chi connectivity index (χ1) is 9.36. The molecule has 0 atom stereocenters. The number of rotatable bonds is 3. The van der Waals surface area contributed by atoms with E-state index in [-0.39, 0.29) is 0 Å². The Kier molecular flexibility index (Phi) is 4.04. The molecule has 2 N–H and O–H groups in total. The summed E-state index contributed by atoms with van der Waals surface area (Å²) in [5.74, 6) is 1.22. The summed E-state index contributed by atoms with van der Waals surface area (Å²) < 4.78 is 5.92. The van der Waals surface area contributed by atoms with Crippen LogP contribution in [0.25, 0.3) is 0 Å². The number of hydrogen-bond donors (Lipinski definition) is 1. The van der Waals surface area contributed by atoms with Gasteiger partial charge >= 0.3 is 0 Å². The minimum atomic E-state index is 0.300. The van der Waals surface area contributed by atoms with E-state index in [0.29, 0.717) is 16.4 Å². The van der Waals surface area contributed by atoms with Gasteiger partial charge in [-0.3, -0.25) is 0 Å². The van der Waals surface area contributed by atoms with Crippen LogP contribution < -0.4 is 10.5 Å². The lowest BCUT2D eigenvalue weighted by Gasteiger charge is -2.13. The molecule has 20 heavy (non-hydrogen) atoms. The van der Waals surface area contributed by atoms with Gasteiger partial charge in [0, 0.05) is 5.69 Å². The number of pyridine rings is 1. The van der Waals surface area contributed by atoms with Crippen molar-refractivity contribution in [3.8, 4) is 11.6 Å². The second-order valence-corrected chi connectivity index (χ2v) is 5.49. The molecule has 1 aromatic carbocycles.